The van der Waals surface area contributed by atoms with E-state index in [1.807, 2.05) is 0 Å². The van der Waals surface area contributed by atoms with Crippen molar-refractivity contribution in [2.75, 3.05) is 0 Å². The third-order valence-corrected chi connectivity index (χ3v) is 10.4. The molecule has 8 bridgehead atoms. The van der Waals surface area contributed by atoms with Crippen LogP contribution in [0.2, 0.25) is 0 Å². The van der Waals surface area contributed by atoms with E-state index in [9.17, 15) is 0 Å². The van der Waals surface area contributed by atoms with Gasteiger partial charge in [-0.2, -0.15) is 0 Å². The van der Waals surface area contributed by atoms with Crippen LogP contribution in [-0.2, 0) is 6.42 Å². The highest BCUT2D eigenvalue weighted by molar-refractivity contribution is 5.96. The molecule has 0 amide bonds. The van der Waals surface area contributed by atoms with Crippen LogP contribution in [0.5, 0.6) is 0 Å². The maximum absolute atomic E-state index is 5.50. The molecule has 52 heavy (non-hydrogen) atoms. The number of rotatable bonds is 7. The molecule has 4 nitrogen and oxygen atoms in total. The molecule has 2 N–H and O–H groups in total. The first-order chi connectivity index (χ1) is 25.7. The van der Waals surface area contributed by atoms with Gasteiger partial charge in [0.15, 0.2) is 0 Å². The minimum atomic E-state index is 0.309. The molecule has 0 radical (unpaired) electrons. The van der Waals surface area contributed by atoms with Crippen LogP contribution in [0, 0.1) is 0 Å². The smallest absolute Gasteiger partial charge is 0.0737 e. The molecule has 5 heterocycles. The van der Waals surface area contributed by atoms with E-state index in [4.69, 9.17) is 9.97 Å². The molecule has 0 fully saturated rings. The van der Waals surface area contributed by atoms with Crippen molar-refractivity contribution >= 4 is 35.3 Å². The van der Waals surface area contributed by atoms with E-state index >= 15 is 0 Å². The van der Waals surface area contributed by atoms with Gasteiger partial charge in [0, 0.05) is 50.6 Å². The molecule has 3 aliphatic rings. The molecule has 0 saturated heterocycles. The van der Waals surface area contributed by atoms with Gasteiger partial charge in [-0.3, -0.25) is 0 Å². The van der Waals surface area contributed by atoms with Crippen LogP contribution in [0.4, 0.5) is 0 Å². The maximum atomic E-state index is 5.50. The molecule has 1 unspecified atom stereocenters. The fourth-order valence-electron chi connectivity index (χ4n) is 7.98. The zero-order chi connectivity index (χ0) is 34.9. The van der Waals surface area contributed by atoms with Crippen molar-refractivity contribution < 1.29 is 0 Å². The SMILES string of the molecule is CCCCC1Cc2[nH]c1c(-c1ccccc1)c1nc(c(-c3ccccc3)c3ccc([nH]3)c(-c3ccccc3)c3nc(c2-c2ccccc2)C=C3)C=C1. The van der Waals surface area contributed by atoms with E-state index in [0.717, 1.165) is 98.4 Å². The topological polar surface area (TPSA) is 57.4 Å². The molecule has 4 heteroatoms. The summed E-state index contributed by atoms with van der Waals surface area (Å²) in [6.07, 6.45) is 13.1. The Kier molecular flexibility index (Phi) is 8.42. The number of hydrogen-bond acceptors (Lipinski definition) is 2. The van der Waals surface area contributed by atoms with Gasteiger partial charge in [0.25, 0.3) is 0 Å². The zero-order valence-electron chi connectivity index (χ0n) is 29.3. The summed E-state index contributed by atoms with van der Waals surface area (Å²) in [6, 6.07) is 47.1. The molecule has 0 saturated carbocycles. The van der Waals surface area contributed by atoms with Crippen molar-refractivity contribution in [2.24, 2.45) is 0 Å². The van der Waals surface area contributed by atoms with E-state index in [1.54, 1.807) is 0 Å². The highest BCUT2D eigenvalue weighted by Gasteiger charge is 2.28. The Morgan fingerprint density at radius 2 is 0.885 bits per heavy atom. The van der Waals surface area contributed by atoms with Crippen molar-refractivity contribution in [2.45, 2.75) is 38.5 Å². The van der Waals surface area contributed by atoms with Gasteiger partial charge in [0.2, 0.25) is 0 Å². The van der Waals surface area contributed by atoms with Crippen molar-refractivity contribution in [1.82, 2.24) is 19.9 Å². The zero-order valence-corrected chi connectivity index (χ0v) is 29.3. The summed E-state index contributed by atoms with van der Waals surface area (Å²) in [5.74, 6) is 0.309. The lowest BCUT2D eigenvalue weighted by atomic mass is 9.89. The molecule has 1 atom stereocenters. The summed E-state index contributed by atoms with van der Waals surface area (Å²) < 4.78 is 0. The summed E-state index contributed by atoms with van der Waals surface area (Å²) in [4.78, 5) is 18.9. The van der Waals surface area contributed by atoms with Crippen LogP contribution < -0.4 is 0 Å². The van der Waals surface area contributed by atoms with Gasteiger partial charge >= 0.3 is 0 Å². The standard InChI is InChI=1S/C48H40N4/c1-2-3-16-36-31-43-46(34-21-12-6-13-22-34)41-28-27-39(50-41)44(32-17-8-4-9-18-32)37-25-26-38(49-37)45(33-19-10-5-11-20-33)40-29-30-42(51-40)47(48(36)52-43)35-23-14-7-15-24-35/h4-15,17-30,36,49,52H,2-3,16,31H2,1H3. The van der Waals surface area contributed by atoms with Gasteiger partial charge in [-0.25, -0.2) is 9.97 Å². The highest BCUT2D eigenvalue weighted by Crippen LogP contribution is 2.43. The molecule has 252 valence electrons. The van der Waals surface area contributed by atoms with E-state index in [2.05, 4.69) is 175 Å². The van der Waals surface area contributed by atoms with E-state index in [-0.39, 0.29) is 0 Å². The van der Waals surface area contributed by atoms with E-state index in [1.165, 1.54) is 17.0 Å². The second-order valence-electron chi connectivity index (χ2n) is 13.7. The molecule has 2 aromatic heterocycles. The van der Waals surface area contributed by atoms with Gasteiger partial charge in [0.05, 0.1) is 22.8 Å². The highest BCUT2D eigenvalue weighted by atomic mass is 14.8. The predicted octanol–water partition coefficient (Wildman–Crippen LogP) is 12.6. The fourth-order valence-corrected chi connectivity index (χ4v) is 7.98. The Labute approximate surface area is 305 Å². The first kappa shape index (κ1) is 31.7. The van der Waals surface area contributed by atoms with Crippen LogP contribution in [-0.4, -0.2) is 19.9 Å². The normalized spacial score (nSPS) is 14.1. The molecule has 0 aliphatic carbocycles. The summed E-state index contributed by atoms with van der Waals surface area (Å²) in [5, 5.41) is 0. The Hall–Kier alpha value is -6.26. The Morgan fingerprint density at radius 3 is 1.35 bits per heavy atom. The van der Waals surface area contributed by atoms with Crippen molar-refractivity contribution in [3.8, 4) is 44.5 Å². The molecule has 4 aromatic carbocycles. The molecule has 9 rings (SSSR count). The summed E-state index contributed by atoms with van der Waals surface area (Å²) >= 11 is 0. The van der Waals surface area contributed by atoms with Crippen LogP contribution >= 0.6 is 0 Å². The van der Waals surface area contributed by atoms with E-state index in [0.29, 0.717) is 5.92 Å². The predicted molar refractivity (Wildman–Crippen MR) is 218 cm³/mol. The molecule has 0 spiro atoms. The number of aromatic nitrogens is 4. The summed E-state index contributed by atoms with van der Waals surface area (Å²) in [7, 11) is 0. The van der Waals surface area contributed by atoms with Gasteiger partial charge in [-0.05, 0) is 71.5 Å². The third kappa shape index (κ3) is 5.86. The minimum absolute atomic E-state index is 0.309. The largest absolute Gasteiger partial charge is 0.361 e. The summed E-state index contributed by atoms with van der Waals surface area (Å²) in [5.41, 5.74) is 17.3. The summed E-state index contributed by atoms with van der Waals surface area (Å²) in [6.45, 7) is 2.28. The average Bonchev–Trinajstić information content (AvgIpc) is 4.03. The number of nitrogens with one attached hydrogen (secondary N) is 2. The van der Waals surface area contributed by atoms with Gasteiger partial charge in [-0.15, -0.1) is 0 Å². The quantitative estimate of drug-likeness (QED) is 0.177. The number of H-pyrrole nitrogens is 2. The monoisotopic (exact) mass is 672 g/mol. The van der Waals surface area contributed by atoms with Crippen LogP contribution in [0.3, 0.4) is 0 Å². The number of nitrogens with zero attached hydrogens (tertiary/aromatic N) is 2. The van der Waals surface area contributed by atoms with Crippen molar-refractivity contribution in [3.63, 3.8) is 0 Å². The second-order valence-corrected chi connectivity index (χ2v) is 13.7. The number of unbranched alkanes of at least 4 members (excludes halogenated alkanes) is 1. The molecular formula is C48H40N4. The lowest BCUT2D eigenvalue weighted by Crippen LogP contribution is -2.01. The third-order valence-electron chi connectivity index (χ3n) is 10.4. The lowest BCUT2D eigenvalue weighted by Gasteiger charge is -2.14. The van der Waals surface area contributed by atoms with Crippen molar-refractivity contribution in [1.29, 1.82) is 0 Å². The fraction of sp³-hybridized carbons (Fsp3) is 0.125. The molecular weight excluding hydrogens is 633 g/mol. The molecule has 3 aliphatic heterocycles. The Balaban J connectivity index is 1.48. The number of hydrogen-bond donors (Lipinski definition) is 2. The first-order valence-corrected chi connectivity index (χ1v) is 18.4. The van der Waals surface area contributed by atoms with E-state index < -0.39 is 0 Å². The maximum Gasteiger partial charge on any atom is 0.0737 e. The lowest BCUT2D eigenvalue weighted by molar-refractivity contribution is 0.597. The molecule has 6 aromatic rings. The van der Waals surface area contributed by atoms with Crippen LogP contribution in [0.25, 0.3) is 79.8 Å². The van der Waals surface area contributed by atoms with Gasteiger partial charge < -0.3 is 9.97 Å². The number of fused-ring (bicyclic) bond motifs is 8. The number of aromatic amines is 2. The van der Waals surface area contributed by atoms with Crippen LogP contribution in [0.1, 0.15) is 66.3 Å². The van der Waals surface area contributed by atoms with Gasteiger partial charge in [-0.1, -0.05) is 141 Å². The average molecular weight is 673 g/mol. The Morgan fingerprint density at radius 1 is 0.481 bits per heavy atom. The minimum Gasteiger partial charge on any atom is -0.361 e. The second kappa shape index (κ2) is 13.8. The van der Waals surface area contributed by atoms with Crippen molar-refractivity contribution in [3.05, 3.63) is 168 Å². The number of benzene rings is 4. The van der Waals surface area contributed by atoms with Crippen LogP contribution in [0.15, 0.2) is 133 Å². The Bertz CT molecular complexity index is 2510. The van der Waals surface area contributed by atoms with Gasteiger partial charge in [0.1, 0.15) is 0 Å². The first-order valence-electron chi connectivity index (χ1n) is 18.4.